The normalized spacial score (nSPS) is 12.5. The Balaban J connectivity index is 1.70. The molecule has 0 aliphatic carbocycles. The van der Waals surface area contributed by atoms with Gasteiger partial charge >= 0.3 is 0 Å². The number of hydrogen-bond donors (Lipinski definition) is 1. The summed E-state index contributed by atoms with van der Waals surface area (Å²) in [6.45, 7) is 4.63. The number of anilines is 1. The molecule has 1 atom stereocenters. The second-order valence-corrected chi connectivity index (χ2v) is 7.30. The van der Waals surface area contributed by atoms with Crippen LogP contribution in [0.3, 0.4) is 0 Å². The van der Waals surface area contributed by atoms with Gasteiger partial charge < -0.3 is 24.9 Å². The van der Waals surface area contributed by atoms with E-state index in [2.05, 4.69) is 28.4 Å². The van der Waals surface area contributed by atoms with E-state index in [9.17, 15) is 9.90 Å². The highest BCUT2D eigenvalue weighted by atomic mass is 16.5. The molecule has 7 heteroatoms. The molecular formula is C22H21N4O3-. The van der Waals surface area contributed by atoms with Crippen LogP contribution in [0.5, 0.6) is 5.75 Å². The van der Waals surface area contributed by atoms with Gasteiger partial charge in [-0.05, 0) is 41.8 Å². The number of para-hydroxylation sites is 1. The van der Waals surface area contributed by atoms with E-state index in [0.717, 1.165) is 16.4 Å². The van der Waals surface area contributed by atoms with E-state index in [1.165, 1.54) is 12.1 Å². The summed E-state index contributed by atoms with van der Waals surface area (Å²) in [5.41, 5.74) is 8.69. The minimum atomic E-state index is -1.21. The van der Waals surface area contributed by atoms with Crippen molar-refractivity contribution in [3.05, 3.63) is 60.4 Å². The Hall–Kier alpha value is -3.61. The van der Waals surface area contributed by atoms with Crippen LogP contribution in [0.2, 0.25) is 0 Å². The monoisotopic (exact) mass is 389 g/mol. The van der Waals surface area contributed by atoms with Gasteiger partial charge in [-0.2, -0.15) is 0 Å². The number of nitrogens with two attached hydrogens (primary N) is 1. The molecule has 0 aliphatic heterocycles. The summed E-state index contributed by atoms with van der Waals surface area (Å²) in [6, 6.07) is 14.0. The first-order chi connectivity index (χ1) is 14.0. The number of pyridine rings is 1. The van der Waals surface area contributed by atoms with Crippen LogP contribution in [0, 0.1) is 5.92 Å². The van der Waals surface area contributed by atoms with E-state index in [1.54, 1.807) is 18.5 Å². The Kier molecular flexibility index (Phi) is 4.80. The van der Waals surface area contributed by atoms with Crippen LogP contribution in [0.15, 0.2) is 54.9 Å². The van der Waals surface area contributed by atoms with Crippen molar-refractivity contribution < 1.29 is 14.6 Å². The summed E-state index contributed by atoms with van der Waals surface area (Å²) >= 11 is 0. The van der Waals surface area contributed by atoms with Gasteiger partial charge in [0.1, 0.15) is 17.9 Å². The van der Waals surface area contributed by atoms with Crippen molar-refractivity contribution in [3.63, 3.8) is 0 Å². The first kappa shape index (κ1) is 18.7. The van der Waals surface area contributed by atoms with Crippen LogP contribution in [0.4, 0.5) is 5.82 Å². The van der Waals surface area contributed by atoms with Crippen LogP contribution in [0.25, 0.3) is 21.9 Å². The molecule has 7 nitrogen and oxygen atoms in total. The number of carbonyl (C=O) groups is 1. The lowest BCUT2D eigenvalue weighted by atomic mass is 10.0. The zero-order valence-corrected chi connectivity index (χ0v) is 16.2. The fourth-order valence-corrected chi connectivity index (χ4v) is 3.48. The molecule has 0 aliphatic rings. The number of aromatic carboxylic acids is 1. The number of fused-ring (bicyclic) bond motifs is 3. The molecular weight excluding hydrogens is 368 g/mol. The van der Waals surface area contributed by atoms with Gasteiger partial charge in [0.25, 0.3) is 0 Å². The average Bonchev–Trinajstić information content (AvgIpc) is 3.14. The Morgan fingerprint density at radius 1 is 1.17 bits per heavy atom. The van der Waals surface area contributed by atoms with Crippen LogP contribution in [0.1, 0.15) is 30.2 Å². The molecule has 2 N–H and O–H groups in total. The molecule has 0 bridgehead atoms. The Labute approximate surface area is 167 Å². The van der Waals surface area contributed by atoms with Crippen molar-refractivity contribution in [1.82, 2.24) is 14.5 Å². The fourth-order valence-electron chi connectivity index (χ4n) is 3.48. The molecule has 2 aromatic heterocycles. The standard InChI is InChI=1S/C22H22N4O3/c1-13(2)18(11-29-15-9-7-14(8-10-15)22(27)28)26-12-24-19-20(26)16-5-3-4-6-17(16)25-21(19)23/h3-10,12-13,18H,11H2,1-2H3,(H2,23,25)(H,27,28)/p-1. The summed E-state index contributed by atoms with van der Waals surface area (Å²) in [5.74, 6) is 0.0393. The van der Waals surface area contributed by atoms with Gasteiger partial charge in [-0.1, -0.05) is 32.0 Å². The number of aromatic nitrogens is 3. The molecule has 0 radical (unpaired) electrons. The minimum Gasteiger partial charge on any atom is -0.545 e. The third-order valence-corrected chi connectivity index (χ3v) is 5.07. The highest BCUT2D eigenvalue weighted by Gasteiger charge is 2.21. The number of carboxylic acids is 1. The number of nitrogen functional groups attached to an aromatic ring is 1. The zero-order chi connectivity index (χ0) is 20.5. The first-order valence-corrected chi connectivity index (χ1v) is 9.40. The van der Waals surface area contributed by atoms with Crippen molar-refractivity contribution >= 4 is 33.7 Å². The van der Waals surface area contributed by atoms with Crippen molar-refractivity contribution in [1.29, 1.82) is 0 Å². The number of carbonyl (C=O) groups excluding carboxylic acids is 1. The summed E-state index contributed by atoms with van der Waals surface area (Å²) in [6.07, 6.45) is 1.78. The number of imidazole rings is 1. The van der Waals surface area contributed by atoms with E-state index in [0.29, 0.717) is 23.7 Å². The maximum atomic E-state index is 10.9. The molecule has 2 aromatic carbocycles. The SMILES string of the molecule is CC(C)C(COc1ccc(C(=O)[O-])cc1)n1cnc2c(N)nc3ccccc3c21. The van der Waals surface area contributed by atoms with E-state index >= 15 is 0 Å². The Morgan fingerprint density at radius 2 is 1.90 bits per heavy atom. The number of nitrogens with zero attached hydrogens (tertiary/aromatic N) is 3. The van der Waals surface area contributed by atoms with E-state index in [-0.39, 0.29) is 17.5 Å². The quantitative estimate of drug-likeness (QED) is 0.543. The van der Waals surface area contributed by atoms with E-state index < -0.39 is 5.97 Å². The van der Waals surface area contributed by atoms with Crippen LogP contribution < -0.4 is 15.6 Å². The number of ether oxygens (including phenoxy) is 1. The van der Waals surface area contributed by atoms with Crippen LogP contribution in [-0.4, -0.2) is 27.1 Å². The van der Waals surface area contributed by atoms with Crippen LogP contribution in [-0.2, 0) is 0 Å². The lowest BCUT2D eigenvalue weighted by Crippen LogP contribution is -2.23. The largest absolute Gasteiger partial charge is 0.545 e. The number of rotatable bonds is 6. The highest BCUT2D eigenvalue weighted by molar-refractivity contribution is 6.06. The third kappa shape index (κ3) is 3.47. The maximum Gasteiger partial charge on any atom is 0.152 e. The second kappa shape index (κ2) is 7.43. The number of hydrogen-bond acceptors (Lipinski definition) is 6. The fraction of sp³-hybridized carbons (Fsp3) is 0.227. The van der Waals surface area contributed by atoms with E-state index in [1.807, 2.05) is 24.3 Å². The van der Waals surface area contributed by atoms with Gasteiger partial charge in [0.2, 0.25) is 0 Å². The van der Waals surface area contributed by atoms with Crippen molar-refractivity contribution in [2.45, 2.75) is 19.9 Å². The van der Waals surface area contributed by atoms with Gasteiger partial charge in [-0.15, -0.1) is 0 Å². The van der Waals surface area contributed by atoms with Crippen LogP contribution >= 0.6 is 0 Å². The molecule has 4 rings (SSSR count). The lowest BCUT2D eigenvalue weighted by molar-refractivity contribution is -0.255. The zero-order valence-electron chi connectivity index (χ0n) is 16.2. The summed E-state index contributed by atoms with van der Waals surface area (Å²) < 4.78 is 8.06. The van der Waals surface area contributed by atoms with Gasteiger partial charge in [0.05, 0.1) is 29.4 Å². The van der Waals surface area contributed by atoms with Gasteiger partial charge in [-0.3, -0.25) is 0 Å². The molecule has 4 aromatic rings. The molecule has 0 fully saturated rings. The highest BCUT2D eigenvalue weighted by Crippen LogP contribution is 2.31. The molecule has 0 spiro atoms. The molecule has 1 unspecified atom stereocenters. The predicted molar refractivity (Wildman–Crippen MR) is 110 cm³/mol. The molecule has 0 amide bonds. The minimum absolute atomic E-state index is 0.00831. The molecule has 0 saturated carbocycles. The third-order valence-electron chi connectivity index (χ3n) is 5.07. The van der Waals surface area contributed by atoms with Gasteiger partial charge in [-0.25, -0.2) is 9.97 Å². The molecule has 0 saturated heterocycles. The van der Waals surface area contributed by atoms with Crippen molar-refractivity contribution in [3.8, 4) is 5.75 Å². The Morgan fingerprint density at radius 3 is 2.59 bits per heavy atom. The average molecular weight is 389 g/mol. The summed E-state index contributed by atoms with van der Waals surface area (Å²) in [5, 5.41) is 11.9. The van der Waals surface area contributed by atoms with Crippen molar-refractivity contribution in [2.24, 2.45) is 5.92 Å². The van der Waals surface area contributed by atoms with Crippen molar-refractivity contribution in [2.75, 3.05) is 12.3 Å². The second-order valence-electron chi connectivity index (χ2n) is 7.30. The molecule has 29 heavy (non-hydrogen) atoms. The summed E-state index contributed by atoms with van der Waals surface area (Å²) in [4.78, 5) is 19.9. The smallest absolute Gasteiger partial charge is 0.152 e. The lowest BCUT2D eigenvalue weighted by Gasteiger charge is -2.24. The first-order valence-electron chi connectivity index (χ1n) is 9.40. The van der Waals surface area contributed by atoms with E-state index in [4.69, 9.17) is 10.5 Å². The Bertz CT molecular complexity index is 1180. The number of benzene rings is 2. The maximum absolute atomic E-state index is 10.9. The topological polar surface area (TPSA) is 106 Å². The van der Waals surface area contributed by atoms with Gasteiger partial charge in [0.15, 0.2) is 5.82 Å². The molecule has 148 valence electrons. The molecule has 2 heterocycles. The summed E-state index contributed by atoms with van der Waals surface area (Å²) in [7, 11) is 0. The predicted octanol–water partition coefficient (Wildman–Crippen LogP) is 2.81. The number of carboxylic acid groups (broad SMARTS) is 1. The van der Waals surface area contributed by atoms with Gasteiger partial charge in [0, 0.05) is 5.39 Å².